The fraction of sp³-hybridized carbons (Fsp3) is 1.00. The molecule has 0 spiro atoms. The van der Waals surface area contributed by atoms with E-state index in [9.17, 15) is 0 Å². The molecule has 0 aromatic rings. The second-order valence-electron chi connectivity index (χ2n) is 1.86. The zero-order chi connectivity index (χ0) is 6.57. The number of halogens is 1. The van der Waals surface area contributed by atoms with Crippen LogP contribution in [0.2, 0.25) is 0 Å². The fourth-order valence-electron chi connectivity index (χ4n) is 0.679. The number of methoxy groups -OCH3 is 1. The molecule has 0 rings (SSSR count). The van der Waals surface area contributed by atoms with Gasteiger partial charge in [-0.05, 0) is 13.3 Å². The van der Waals surface area contributed by atoms with E-state index in [2.05, 4.69) is 6.92 Å². The zero-order valence-corrected chi connectivity index (χ0v) is 6.40. The van der Waals surface area contributed by atoms with Gasteiger partial charge in [-0.3, -0.25) is 0 Å². The molecule has 0 amide bonds. The van der Waals surface area contributed by atoms with Gasteiger partial charge >= 0.3 is 0 Å². The molecular formula is C6H13ClO. The lowest BCUT2D eigenvalue weighted by molar-refractivity contribution is 0.0993. The van der Waals surface area contributed by atoms with Crippen LogP contribution in [0.15, 0.2) is 0 Å². The number of alkyl halides is 1. The summed E-state index contributed by atoms with van der Waals surface area (Å²) in [5.41, 5.74) is 0. The number of ether oxygens (including phenoxy) is 1. The van der Waals surface area contributed by atoms with E-state index in [0.29, 0.717) is 0 Å². The van der Waals surface area contributed by atoms with Gasteiger partial charge in [-0.2, -0.15) is 0 Å². The first kappa shape index (κ1) is 8.25. The van der Waals surface area contributed by atoms with Gasteiger partial charge in [0.05, 0.1) is 11.5 Å². The second kappa shape index (κ2) is 4.16. The molecule has 0 saturated carbocycles. The minimum absolute atomic E-state index is 0.130. The highest BCUT2D eigenvalue weighted by Crippen LogP contribution is 2.07. The van der Waals surface area contributed by atoms with Crippen molar-refractivity contribution in [3.05, 3.63) is 0 Å². The summed E-state index contributed by atoms with van der Waals surface area (Å²) in [6, 6.07) is 0. The van der Waals surface area contributed by atoms with Crippen molar-refractivity contribution in [1.29, 1.82) is 0 Å². The number of rotatable bonds is 3. The van der Waals surface area contributed by atoms with Gasteiger partial charge in [0.25, 0.3) is 0 Å². The van der Waals surface area contributed by atoms with Crippen LogP contribution < -0.4 is 0 Å². The summed E-state index contributed by atoms with van der Waals surface area (Å²) in [5, 5.41) is 0.130. The van der Waals surface area contributed by atoms with Gasteiger partial charge in [0.15, 0.2) is 0 Å². The van der Waals surface area contributed by atoms with E-state index >= 15 is 0 Å². The minimum atomic E-state index is 0.130. The van der Waals surface area contributed by atoms with Gasteiger partial charge in [-0.1, -0.05) is 6.92 Å². The van der Waals surface area contributed by atoms with Crippen molar-refractivity contribution in [3.8, 4) is 0 Å². The Morgan fingerprint density at radius 2 is 2.12 bits per heavy atom. The van der Waals surface area contributed by atoms with Gasteiger partial charge in [0.2, 0.25) is 0 Å². The highest BCUT2D eigenvalue weighted by molar-refractivity contribution is 6.20. The average Bonchev–Trinajstić information content (AvgIpc) is 1.69. The quantitative estimate of drug-likeness (QED) is 0.540. The van der Waals surface area contributed by atoms with Crippen LogP contribution in [0.5, 0.6) is 0 Å². The van der Waals surface area contributed by atoms with Crippen molar-refractivity contribution in [2.45, 2.75) is 31.7 Å². The lowest BCUT2D eigenvalue weighted by Gasteiger charge is -2.13. The Balaban J connectivity index is 3.35. The third-order valence-corrected chi connectivity index (χ3v) is 1.50. The molecule has 8 heavy (non-hydrogen) atoms. The van der Waals surface area contributed by atoms with Crippen LogP contribution in [0.1, 0.15) is 20.3 Å². The first-order valence-electron chi connectivity index (χ1n) is 2.89. The Hall–Kier alpha value is 0.250. The average molecular weight is 137 g/mol. The first-order chi connectivity index (χ1) is 3.72. The second-order valence-corrected chi connectivity index (χ2v) is 2.55. The fourth-order valence-corrected chi connectivity index (χ4v) is 0.960. The molecule has 0 aliphatic heterocycles. The van der Waals surface area contributed by atoms with Crippen LogP contribution in [-0.2, 0) is 4.74 Å². The van der Waals surface area contributed by atoms with Crippen molar-refractivity contribution < 1.29 is 4.74 Å². The maximum absolute atomic E-state index is 5.72. The molecule has 0 heterocycles. The molecule has 0 aliphatic rings. The molecule has 0 aliphatic carbocycles. The molecule has 0 aromatic carbocycles. The van der Waals surface area contributed by atoms with E-state index in [1.54, 1.807) is 7.11 Å². The lowest BCUT2D eigenvalue weighted by atomic mass is 10.2. The summed E-state index contributed by atoms with van der Waals surface area (Å²) >= 11 is 5.72. The van der Waals surface area contributed by atoms with E-state index in [4.69, 9.17) is 16.3 Å². The first-order valence-corrected chi connectivity index (χ1v) is 3.32. The van der Waals surface area contributed by atoms with Crippen molar-refractivity contribution in [1.82, 2.24) is 0 Å². The topological polar surface area (TPSA) is 9.23 Å². The maximum atomic E-state index is 5.72. The Labute approximate surface area is 56.0 Å². The highest BCUT2D eigenvalue weighted by atomic mass is 35.5. The largest absolute Gasteiger partial charge is 0.380 e. The van der Waals surface area contributed by atoms with Crippen molar-refractivity contribution in [2.24, 2.45) is 0 Å². The smallest absolute Gasteiger partial charge is 0.0729 e. The molecule has 0 aromatic heterocycles. The normalized spacial score (nSPS) is 18.0. The van der Waals surface area contributed by atoms with E-state index in [1.165, 1.54) is 0 Å². The summed E-state index contributed by atoms with van der Waals surface area (Å²) in [4.78, 5) is 0. The summed E-state index contributed by atoms with van der Waals surface area (Å²) in [6.45, 7) is 4.01. The molecule has 2 heteroatoms. The molecule has 50 valence electrons. The molecule has 0 N–H and O–H groups in total. The van der Waals surface area contributed by atoms with E-state index in [0.717, 1.165) is 6.42 Å². The highest BCUT2D eigenvalue weighted by Gasteiger charge is 2.09. The van der Waals surface area contributed by atoms with Crippen LogP contribution in [-0.4, -0.2) is 18.6 Å². The summed E-state index contributed by atoms with van der Waals surface area (Å²) in [7, 11) is 1.69. The molecule has 2 unspecified atom stereocenters. The number of hydrogen-bond donors (Lipinski definition) is 0. The van der Waals surface area contributed by atoms with Gasteiger partial charge < -0.3 is 4.74 Å². The van der Waals surface area contributed by atoms with Crippen molar-refractivity contribution in [2.75, 3.05) is 7.11 Å². The predicted octanol–water partition coefficient (Wildman–Crippen LogP) is 2.04. The SMILES string of the molecule is CCC(OC)C(C)Cl. The van der Waals surface area contributed by atoms with Gasteiger partial charge in [0.1, 0.15) is 0 Å². The van der Waals surface area contributed by atoms with Gasteiger partial charge in [-0.25, -0.2) is 0 Å². The summed E-state index contributed by atoms with van der Waals surface area (Å²) < 4.78 is 5.03. The molecule has 0 saturated heterocycles. The Bertz CT molecular complexity index is 50.5. The molecule has 0 fully saturated rings. The lowest BCUT2D eigenvalue weighted by Crippen LogP contribution is -2.18. The van der Waals surface area contributed by atoms with E-state index in [1.807, 2.05) is 6.92 Å². The maximum Gasteiger partial charge on any atom is 0.0729 e. The molecule has 0 bridgehead atoms. The van der Waals surface area contributed by atoms with Crippen molar-refractivity contribution >= 4 is 11.6 Å². The minimum Gasteiger partial charge on any atom is -0.380 e. The molecule has 2 atom stereocenters. The van der Waals surface area contributed by atoms with Crippen LogP contribution in [0.25, 0.3) is 0 Å². The standard InChI is InChI=1S/C6H13ClO/c1-4-6(8-3)5(2)7/h5-6H,4H2,1-3H3. The van der Waals surface area contributed by atoms with Crippen LogP contribution >= 0.6 is 11.6 Å². The zero-order valence-electron chi connectivity index (χ0n) is 5.65. The molecular weight excluding hydrogens is 124 g/mol. The molecule has 1 nitrogen and oxygen atoms in total. The van der Waals surface area contributed by atoms with E-state index in [-0.39, 0.29) is 11.5 Å². The Morgan fingerprint density at radius 3 is 2.12 bits per heavy atom. The molecule has 0 radical (unpaired) electrons. The Morgan fingerprint density at radius 1 is 1.62 bits per heavy atom. The van der Waals surface area contributed by atoms with Crippen LogP contribution in [0, 0.1) is 0 Å². The Kier molecular flexibility index (Phi) is 4.29. The van der Waals surface area contributed by atoms with Crippen LogP contribution in [0.3, 0.4) is 0 Å². The predicted molar refractivity (Wildman–Crippen MR) is 36.4 cm³/mol. The monoisotopic (exact) mass is 136 g/mol. The van der Waals surface area contributed by atoms with Gasteiger partial charge in [-0.15, -0.1) is 11.6 Å². The number of hydrogen-bond acceptors (Lipinski definition) is 1. The third kappa shape index (κ3) is 2.53. The van der Waals surface area contributed by atoms with E-state index < -0.39 is 0 Å². The van der Waals surface area contributed by atoms with Gasteiger partial charge in [0, 0.05) is 7.11 Å². The van der Waals surface area contributed by atoms with Crippen molar-refractivity contribution in [3.63, 3.8) is 0 Å². The summed E-state index contributed by atoms with van der Waals surface area (Å²) in [5.74, 6) is 0. The summed E-state index contributed by atoms with van der Waals surface area (Å²) in [6.07, 6.45) is 1.21. The van der Waals surface area contributed by atoms with Crippen LogP contribution in [0.4, 0.5) is 0 Å². The third-order valence-electron chi connectivity index (χ3n) is 1.22.